The first-order valence-corrected chi connectivity index (χ1v) is 7.57. The van der Waals surface area contributed by atoms with Crippen LogP contribution in [0.2, 0.25) is 0 Å². The van der Waals surface area contributed by atoms with Gasteiger partial charge in [0.1, 0.15) is 11.2 Å². The second-order valence-corrected chi connectivity index (χ2v) is 5.89. The van der Waals surface area contributed by atoms with Crippen LogP contribution in [0.4, 0.5) is 10.1 Å². The summed E-state index contributed by atoms with van der Waals surface area (Å²) in [6.07, 6.45) is 3.08. The monoisotopic (exact) mass is 306 g/mol. The highest BCUT2D eigenvalue weighted by Crippen LogP contribution is 2.46. The van der Waals surface area contributed by atoms with E-state index in [0.29, 0.717) is 25.1 Å². The molecule has 1 aromatic rings. The molecule has 1 atom stereocenters. The van der Waals surface area contributed by atoms with Crippen molar-refractivity contribution < 1.29 is 18.7 Å². The molecule has 1 unspecified atom stereocenters. The molecule has 2 aliphatic rings. The van der Waals surface area contributed by atoms with Gasteiger partial charge >= 0.3 is 0 Å². The maximum Gasteiger partial charge on any atom is 0.240 e. The van der Waals surface area contributed by atoms with Crippen molar-refractivity contribution in [1.29, 1.82) is 0 Å². The van der Waals surface area contributed by atoms with Crippen LogP contribution in [0.15, 0.2) is 24.3 Å². The number of hydrogen-bond acceptors (Lipinski definition) is 3. The molecule has 0 aromatic heterocycles. The van der Waals surface area contributed by atoms with Crippen molar-refractivity contribution >= 4 is 17.5 Å². The van der Waals surface area contributed by atoms with Gasteiger partial charge in [-0.25, -0.2) is 4.39 Å². The summed E-state index contributed by atoms with van der Waals surface area (Å²) in [4.78, 5) is 24.6. The number of carbonyl (C=O) groups excluding carboxylic acids is 2. The molecule has 22 heavy (non-hydrogen) atoms. The van der Waals surface area contributed by atoms with Crippen molar-refractivity contribution in [3.05, 3.63) is 30.1 Å². The molecule has 2 N–H and O–H groups in total. The van der Waals surface area contributed by atoms with E-state index in [1.165, 1.54) is 24.3 Å². The van der Waals surface area contributed by atoms with Crippen LogP contribution in [0.3, 0.4) is 0 Å². The number of nitrogens with one attached hydrogen (secondary N) is 2. The molecule has 0 spiro atoms. The van der Waals surface area contributed by atoms with E-state index in [2.05, 4.69) is 10.6 Å². The summed E-state index contributed by atoms with van der Waals surface area (Å²) >= 11 is 0. The number of amides is 2. The van der Waals surface area contributed by atoms with Gasteiger partial charge in [-0.1, -0.05) is 0 Å². The van der Waals surface area contributed by atoms with Gasteiger partial charge in [-0.15, -0.1) is 0 Å². The highest BCUT2D eigenvalue weighted by Gasteiger charge is 2.56. The van der Waals surface area contributed by atoms with Crippen LogP contribution in [0, 0.1) is 11.2 Å². The molecule has 6 heteroatoms. The van der Waals surface area contributed by atoms with Gasteiger partial charge in [0.25, 0.3) is 0 Å². The molecule has 2 amide bonds. The van der Waals surface area contributed by atoms with E-state index in [9.17, 15) is 14.0 Å². The number of carbonyl (C=O) groups is 2. The fourth-order valence-corrected chi connectivity index (χ4v) is 2.65. The van der Waals surface area contributed by atoms with E-state index in [4.69, 9.17) is 4.74 Å². The molecular formula is C16H19FN2O3. The van der Waals surface area contributed by atoms with Crippen LogP contribution in [0.25, 0.3) is 0 Å². The van der Waals surface area contributed by atoms with Gasteiger partial charge in [-0.05, 0) is 49.9 Å². The van der Waals surface area contributed by atoms with Crippen LogP contribution in [-0.4, -0.2) is 31.1 Å². The molecule has 1 aliphatic carbocycles. The fourth-order valence-electron chi connectivity index (χ4n) is 2.65. The minimum absolute atomic E-state index is 0.0555. The normalized spacial score (nSPS) is 22.1. The number of ether oxygens (including phenoxy) is 1. The van der Waals surface area contributed by atoms with E-state index in [0.717, 1.165) is 19.4 Å². The Labute approximate surface area is 128 Å². The van der Waals surface area contributed by atoms with Crippen LogP contribution in [0.1, 0.15) is 25.7 Å². The highest BCUT2D eigenvalue weighted by molar-refractivity contribution is 6.13. The zero-order chi connectivity index (χ0) is 15.6. The van der Waals surface area contributed by atoms with Crippen LogP contribution < -0.4 is 10.6 Å². The third kappa shape index (κ3) is 3.11. The molecular weight excluding hydrogens is 287 g/mol. The summed E-state index contributed by atoms with van der Waals surface area (Å²) < 4.78 is 18.3. The fraction of sp³-hybridized carbons (Fsp3) is 0.500. The molecule has 0 bridgehead atoms. The third-order valence-corrected chi connectivity index (χ3v) is 4.24. The molecule has 0 radical (unpaired) electrons. The van der Waals surface area contributed by atoms with Crippen molar-refractivity contribution in [3.8, 4) is 0 Å². The standard InChI is InChI=1S/C16H19FN2O3/c17-11-3-5-12(6-4-11)19-15(21)16(7-8-16)14(20)18-10-13-2-1-9-22-13/h3-6,13H,1-2,7-10H2,(H,18,20)(H,19,21). The predicted octanol–water partition coefficient (Wildman–Crippen LogP) is 1.84. The summed E-state index contributed by atoms with van der Waals surface area (Å²) in [5.41, 5.74) is -0.489. The summed E-state index contributed by atoms with van der Waals surface area (Å²) in [6, 6.07) is 5.50. The average molecular weight is 306 g/mol. The Hall–Kier alpha value is -1.95. The lowest BCUT2D eigenvalue weighted by molar-refractivity contribution is -0.134. The molecule has 1 heterocycles. The summed E-state index contributed by atoms with van der Waals surface area (Å²) in [5, 5.41) is 5.50. The molecule has 2 fully saturated rings. The molecule has 3 rings (SSSR count). The van der Waals surface area contributed by atoms with Crippen molar-refractivity contribution in [1.82, 2.24) is 5.32 Å². The first-order valence-electron chi connectivity index (χ1n) is 7.57. The van der Waals surface area contributed by atoms with E-state index in [-0.39, 0.29) is 23.7 Å². The minimum Gasteiger partial charge on any atom is -0.376 e. The van der Waals surface area contributed by atoms with E-state index in [1.54, 1.807) is 0 Å². The van der Waals surface area contributed by atoms with Crippen molar-refractivity contribution in [2.24, 2.45) is 5.41 Å². The Kier molecular flexibility index (Phi) is 4.11. The topological polar surface area (TPSA) is 67.4 Å². The number of halogens is 1. The van der Waals surface area contributed by atoms with Gasteiger partial charge in [-0.3, -0.25) is 9.59 Å². The predicted molar refractivity (Wildman–Crippen MR) is 78.7 cm³/mol. The Bertz CT molecular complexity index is 563. The molecule has 1 saturated heterocycles. The van der Waals surface area contributed by atoms with E-state index < -0.39 is 5.41 Å². The van der Waals surface area contributed by atoms with Gasteiger partial charge in [0, 0.05) is 18.8 Å². The van der Waals surface area contributed by atoms with Gasteiger partial charge in [0.05, 0.1) is 6.10 Å². The van der Waals surface area contributed by atoms with Crippen LogP contribution >= 0.6 is 0 Å². The second-order valence-electron chi connectivity index (χ2n) is 5.89. The summed E-state index contributed by atoms with van der Waals surface area (Å²) in [5.74, 6) is -0.944. The number of hydrogen-bond donors (Lipinski definition) is 2. The van der Waals surface area contributed by atoms with Gasteiger partial charge < -0.3 is 15.4 Å². The lowest BCUT2D eigenvalue weighted by atomic mass is 10.0. The summed E-state index contributed by atoms with van der Waals surface area (Å²) in [6.45, 7) is 1.18. The maximum atomic E-state index is 12.9. The van der Waals surface area contributed by atoms with Crippen molar-refractivity contribution in [2.45, 2.75) is 31.8 Å². The SMILES string of the molecule is O=C(NCC1CCCO1)C1(C(=O)Nc2ccc(F)cc2)CC1. The number of rotatable bonds is 5. The first-order chi connectivity index (χ1) is 10.6. The Morgan fingerprint density at radius 3 is 2.55 bits per heavy atom. The summed E-state index contributed by atoms with van der Waals surface area (Å²) in [7, 11) is 0. The van der Waals surface area contributed by atoms with Crippen molar-refractivity contribution in [3.63, 3.8) is 0 Å². The average Bonchev–Trinajstić information content (AvgIpc) is 3.17. The van der Waals surface area contributed by atoms with Crippen LogP contribution in [-0.2, 0) is 14.3 Å². The Balaban J connectivity index is 1.56. The highest BCUT2D eigenvalue weighted by atomic mass is 19.1. The molecule has 118 valence electrons. The van der Waals surface area contributed by atoms with E-state index >= 15 is 0 Å². The van der Waals surface area contributed by atoms with Gasteiger partial charge in [-0.2, -0.15) is 0 Å². The molecule has 1 saturated carbocycles. The number of anilines is 1. The third-order valence-electron chi connectivity index (χ3n) is 4.24. The zero-order valence-corrected chi connectivity index (χ0v) is 12.2. The van der Waals surface area contributed by atoms with Crippen molar-refractivity contribution in [2.75, 3.05) is 18.5 Å². The molecule has 5 nitrogen and oxygen atoms in total. The largest absolute Gasteiger partial charge is 0.376 e. The minimum atomic E-state index is -0.979. The van der Waals surface area contributed by atoms with Gasteiger partial charge in [0.2, 0.25) is 11.8 Å². The molecule has 1 aromatic carbocycles. The number of benzene rings is 1. The lowest BCUT2D eigenvalue weighted by Crippen LogP contribution is -2.42. The van der Waals surface area contributed by atoms with E-state index in [1.807, 2.05) is 0 Å². The second kappa shape index (κ2) is 6.04. The Morgan fingerprint density at radius 2 is 1.95 bits per heavy atom. The zero-order valence-electron chi connectivity index (χ0n) is 12.2. The Morgan fingerprint density at radius 1 is 1.23 bits per heavy atom. The first kappa shape index (κ1) is 15.0. The molecule has 1 aliphatic heterocycles. The maximum absolute atomic E-state index is 12.9. The van der Waals surface area contributed by atoms with Crippen LogP contribution in [0.5, 0.6) is 0 Å². The quantitative estimate of drug-likeness (QED) is 0.816. The van der Waals surface area contributed by atoms with Gasteiger partial charge in [0.15, 0.2) is 0 Å². The smallest absolute Gasteiger partial charge is 0.240 e. The lowest BCUT2D eigenvalue weighted by Gasteiger charge is -2.17.